The number of rotatable bonds is 16. The van der Waals surface area contributed by atoms with Gasteiger partial charge in [-0.15, -0.1) is 0 Å². The summed E-state index contributed by atoms with van der Waals surface area (Å²) in [4.78, 5) is 13.4. The number of unbranched alkanes of at least 4 members (excludes halogenated alkanes) is 4. The minimum absolute atomic E-state index is 0.177. The van der Waals surface area contributed by atoms with Crippen molar-refractivity contribution in [2.45, 2.75) is 51.4 Å². The number of carbonyl (C=O) groups is 1. The third-order valence-corrected chi connectivity index (χ3v) is 8.07. The first-order valence-electron chi connectivity index (χ1n) is 15.7. The Bertz CT molecular complexity index is 1680. The van der Waals surface area contributed by atoms with Gasteiger partial charge in [0.05, 0.1) is 25.7 Å². The van der Waals surface area contributed by atoms with Gasteiger partial charge < -0.3 is 18.3 Å². The fourth-order valence-electron chi connectivity index (χ4n) is 5.65. The molecule has 0 fully saturated rings. The fraction of sp³-hybridized carbons (Fsp3) is 0.256. The summed E-state index contributed by atoms with van der Waals surface area (Å²) >= 11 is 0. The van der Waals surface area contributed by atoms with Gasteiger partial charge in [-0.05, 0) is 109 Å². The van der Waals surface area contributed by atoms with E-state index in [0.29, 0.717) is 24.7 Å². The lowest BCUT2D eigenvalue weighted by Gasteiger charge is -2.08. The van der Waals surface area contributed by atoms with E-state index in [-0.39, 0.29) is 5.78 Å². The van der Waals surface area contributed by atoms with Crippen LogP contribution < -0.4 is 9.47 Å². The van der Waals surface area contributed by atoms with Crippen LogP contribution in [0.1, 0.15) is 66.0 Å². The maximum Gasteiger partial charge on any atom is 0.263 e. The number of ether oxygens (including phenoxy) is 2. The highest BCUT2D eigenvalue weighted by molar-refractivity contribution is 6.07. The number of furan rings is 2. The Morgan fingerprint density at radius 2 is 0.955 bits per heavy atom. The van der Waals surface area contributed by atoms with Crippen LogP contribution in [0.3, 0.4) is 0 Å². The van der Waals surface area contributed by atoms with Gasteiger partial charge in [0.25, 0.3) is 5.78 Å². The third-order valence-electron chi connectivity index (χ3n) is 8.07. The molecule has 0 amide bonds. The molecule has 44 heavy (non-hydrogen) atoms. The predicted molar refractivity (Wildman–Crippen MR) is 175 cm³/mol. The summed E-state index contributed by atoms with van der Waals surface area (Å²) in [6, 6.07) is 32.8. The first kappa shape index (κ1) is 29.3. The van der Waals surface area contributed by atoms with Gasteiger partial charge in [-0.3, -0.25) is 4.79 Å². The Morgan fingerprint density at radius 3 is 1.43 bits per heavy atom. The lowest BCUT2D eigenvalue weighted by Crippen LogP contribution is -2.05. The lowest BCUT2D eigenvalue weighted by atomic mass is 10.0. The van der Waals surface area contributed by atoms with E-state index < -0.39 is 0 Å². The normalized spacial score (nSPS) is 11.3. The van der Waals surface area contributed by atoms with Crippen molar-refractivity contribution in [1.29, 1.82) is 0 Å². The van der Waals surface area contributed by atoms with Crippen LogP contribution in [0.15, 0.2) is 118 Å². The Hall–Kier alpha value is -4.77. The minimum Gasteiger partial charge on any atom is -0.494 e. The van der Waals surface area contributed by atoms with Crippen LogP contribution in [0.25, 0.3) is 21.5 Å². The average Bonchev–Trinajstić information content (AvgIpc) is 3.74. The average molecular weight is 587 g/mol. The molecule has 0 N–H and O–H groups in total. The molecular weight excluding hydrogens is 548 g/mol. The van der Waals surface area contributed by atoms with Crippen LogP contribution in [0, 0.1) is 0 Å². The second kappa shape index (κ2) is 14.6. The summed E-state index contributed by atoms with van der Waals surface area (Å²) < 4.78 is 23.2. The van der Waals surface area contributed by atoms with Gasteiger partial charge in [0, 0.05) is 11.1 Å². The third kappa shape index (κ3) is 7.41. The van der Waals surface area contributed by atoms with Gasteiger partial charge in [-0.1, -0.05) is 60.7 Å². The van der Waals surface area contributed by atoms with Crippen LogP contribution in [-0.4, -0.2) is 19.0 Å². The molecule has 0 atom stereocenters. The molecular formula is C39H38O5. The molecule has 5 nitrogen and oxygen atoms in total. The number of hydrogen-bond donors (Lipinski definition) is 0. The van der Waals surface area contributed by atoms with Crippen molar-refractivity contribution in [3.8, 4) is 11.5 Å². The van der Waals surface area contributed by atoms with Crippen LogP contribution >= 0.6 is 0 Å². The Morgan fingerprint density at radius 1 is 0.500 bits per heavy atom. The quantitative estimate of drug-likeness (QED) is 0.0834. The number of benzene rings is 4. The summed E-state index contributed by atoms with van der Waals surface area (Å²) in [5.41, 5.74) is 1.86. The van der Waals surface area contributed by atoms with Crippen LogP contribution in [0.4, 0.5) is 0 Å². The van der Waals surface area contributed by atoms with E-state index in [4.69, 9.17) is 18.3 Å². The maximum atomic E-state index is 13.4. The Kier molecular flexibility index (Phi) is 9.73. The highest BCUT2D eigenvalue weighted by Crippen LogP contribution is 2.24. The number of ketones is 1. The van der Waals surface area contributed by atoms with Crippen LogP contribution in [0.5, 0.6) is 11.5 Å². The molecule has 0 aliphatic heterocycles. The van der Waals surface area contributed by atoms with Gasteiger partial charge in [0.2, 0.25) is 0 Å². The Balaban J connectivity index is 0.909. The molecule has 5 heteroatoms. The van der Waals surface area contributed by atoms with Crippen molar-refractivity contribution in [3.05, 3.63) is 132 Å². The second-order valence-electron chi connectivity index (χ2n) is 11.2. The van der Waals surface area contributed by atoms with E-state index in [2.05, 4.69) is 48.5 Å². The zero-order chi connectivity index (χ0) is 30.0. The van der Waals surface area contributed by atoms with E-state index in [1.807, 2.05) is 48.5 Å². The lowest BCUT2D eigenvalue weighted by molar-refractivity contribution is 0.0980. The summed E-state index contributed by atoms with van der Waals surface area (Å²) in [5.74, 6) is 2.39. The molecule has 0 aliphatic carbocycles. The SMILES string of the molecule is O=C(c1occc1CCCCCOc1ccc2ccccc2c1)c1occc1CCCCCOc1ccc2ccccc2c1. The van der Waals surface area contributed by atoms with E-state index in [9.17, 15) is 4.79 Å². The fourth-order valence-corrected chi connectivity index (χ4v) is 5.65. The molecule has 0 spiro atoms. The Labute approximate surface area is 258 Å². The standard InChI is InChI=1S/C39H38O5/c40-37(38-31(21-25-43-38)13-3-1-9-23-41-35-19-17-29-11-5-7-15-33(29)27-35)39-32(22-26-44-39)14-4-2-10-24-42-36-20-18-30-12-6-8-16-34(30)28-36/h5-8,11-12,15-22,25-28H,1-4,9-10,13-14,23-24H2. The number of hydrogen-bond acceptors (Lipinski definition) is 5. The topological polar surface area (TPSA) is 61.8 Å². The molecule has 6 rings (SSSR count). The van der Waals surface area contributed by atoms with E-state index in [0.717, 1.165) is 74.0 Å². The molecule has 0 unspecified atom stereocenters. The number of carbonyl (C=O) groups excluding carboxylic acids is 1. The van der Waals surface area contributed by atoms with Gasteiger partial charge in [0.15, 0.2) is 11.5 Å². The van der Waals surface area contributed by atoms with Crippen molar-refractivity contribution in [2.24, 2.45) is 0 Å². The first-order valence-corrected chi connectivity index (χ1v) is 15.7. The summed E-state index contributed by atoms with van der Waals surface area (Å²) in [5, 5.41) is 4.80. The molecule has 2 aromatic heterocycles. The molecule has 2 heterocycles. The molecule has 0 aliphatic rings. The molecule has 4 aromatic carbocycles. The molecule has 0 saturated heterocycles. The molecule has 0 radical (unpaired) electrons. The molecule has 224 valence electrons. The maximum absolute atomic E-state index is 13.4. The van der Waals surface area contributed by atoms with Crippen LogP contribution in [0.2, 0.25) is 0 Å². The van der Waals surface area contributed by atoms with Crippen molar-refractivity contribution in [3.63, 3.8) is 0 Å². The summed E-state index contributed by atoms with van der Waals surface area (Å²) in [6.45, 7) is 1.33. The molecule has 0 saturated carbocycles. The van der Waals surface area contributed by atoms with Gasteiger partial charge >= 0.3 is 0 Å². The smallest absolute Gasteiger partial charge is 0.263 e. The van der Waals surface area contributed by atoms with Crippen molar-refractivity contribution in [1.82, 2.24) is 0 Å². The second-order valence-corrected chi connectivity index (χ2v) is 11.2. The van der Waals surface area contributed by atoms with E-state index in [1.165, 1.54) is 21.5 Å². The van der Waals surface area contributed by atoms with Crippen molar-refractivity contribution >= 4 is 27.3 Å². The van der Waals surface area contributed by atoms with E-state index >= 15 is 0 Å². The van der Waals surface area contributed by atoms with Gasteiger partial charge in [0.1, 0.15) is 11.5 Å². The summed E-state index contributed by atoms with van der Waals surface area (Å²) in [7, 11) is 0. The minimum atomic E-state index is -0.177. The number of aryl methyl sites for hydroxylation is 2. The van der Waals surface area contributed by atoms with Crippen molar-refractivity contribution in [2.75, 3.05) is 13.2 Å². The molecule has 6 aromatic rings. The summed E-state index contributed by atoms with van der Waals surface area (Å²) in [6.07, 6.45) is 10.6. The van der Waals surface area contributed by atoms with Crippen LogP contribution in [-0.2, 0) is 12.8 Å². The van der Waals surface area contributed by atoms with E-state index in [1.54, 1.807) is 12.5 Å². The number of fused-ring (bicyclic) bond motifs is 2. The van der Waals surface area contributed by atoms with Gasteiger partial charge in [-0.2, -0.15) is 0 Å². The molecule has 0 bridgehead atoms. The largest absolute Gasteiger partial charge is 0.494 e. The zero-order valence-electron chi connectivity index (χ0n) is 25.0. The monoisotopic (exact) mass is 586 g/mol. The first-order chi connectivity index (χ1) is 21.7. The van der Waals surface area contributed by atoms with Gasteiger partial charge in [-0.25, -0.2) is 0 Å². The predicted octanol–water partition coefficient (Wildman–Crippen LogP) is 9.99. The highest BCUT2D eigenvalue weighted by atomic mass is 16.5. The zero-order valence-corrected chi connectivity index (χ0v) is 25.0. The highest BCUT2D eigenvalue weighted by Gasteiger charge is 2.23. The van der Waals surface area contributed by atoms with Crippen molar-refractivity contribution < 1.29 is 23.1 Å².